The van der Waals surface area contributed by atoms with Crippen LogP contribution in [-0.4, -0.2) is 21.5 Å². The number of fused-ring (bicyclic) bond motifs is 1. The number of aryl methyl sites for hydroxylation is 1. The number of hydrogen-bond donors (Lipinski definition) is 2. The van der Waals surface area contributed by atoms with E-state index in [1.165, 1.54) is 5.56 Å². The number of H-pyrrole nitrogens is 1. The molecule has 1 aromatic carbocycles. The number of aromatic amines is 1. The van der Waals surface area contributed by atoms with Crippen LogP contribution in [0.25, 0.3) is 22.3 Å². The average Bonchev–Trinajstić information content (AvgIpc) is 2.99. The van der Waals surface area contributed by atoms with Crippen molar-refractivity contribution < 1.29 is 0 Å². The zero-order valence-corrected chi connectivity index (χ0v) is 12.5. The standard InChI is InChI=1S/C18H18N4/c1-12-20-16-11-15(13-7-3-2-4-8-13)22-18(16)17(21-12)14-9-5-6-10-19-14/h2-8,11,14,19,22H,9-10H2,1H3. The Balaban J connectivity index is 1.86. The van der Waals surface area contributed by atoms with E-state index in [4.69, 9.17) is 4.98 Å². The van der Waals surface area contributed by atoms with Gasteiger partial charge in [-0.15, -0.1) is 0 Å². The quantitative estimate of drug-likeness (QED) is 0.710. The first kappa shape index (κ1) is 13.2. The number of hydrogen-bond acceptors (Lipinski definition) is 3. The topological polar surface area (TPSA) is 53.6 Å². The van der Waals surface area contributed by atoms with Crippen molar-refractivity contribution in [2.75, 3.05) is 6.54 Å². The molecule has 0 radical (unpaired) electrons. The van der Waals surface area contributed by atoms with Crippen molar-refractivity contribution in [2.45, 2.75) is 19.4 Å². The summed E-state index contributed by atoms with van der Waals surface area (Å²) in [6, 6.07) is 12.7. The third kappa shape index (κ3) is 2.31. The van der Waals surface area contributed by atoms with Crippen LogP contribution in [0.2, 0.25) is 0 Å². The van der Waals surface area contributed by atoms with E-state index in [0.717, 1.165) is 41.2 Å². The summed E-state index contributed by atoms with van der Waals surface area (Å²) < 4.78 is 0. The molecule has 0 saturated carbocycles. The predicted molar refractivity (Wildman–Crippen MR) is 88.6 cm³/mol. The van der Waals surface area contributed by atoms with Crippen LogP contribution in [0.5, 0.6) is 0 Å². The monoisotopic (exact) mass is 290 g/mol. The largest absolute Gasteiger partial charge is 0.352 e. The fourth-order valence-corrected chi connectivity index (χ4v) is 3.00. The SMILES string of the molecule is Cc1nc(C2CC=CCN2)c2[nH]c(-c3ccccc3)cc2n1. The first-order chi connectivity index (χ1) is 10.8. The fraction of sp³-hybridized carbons (Fsp3) is 0.222. The Hall–Kier alpha value is -2.46. The minimum atomic E-state index is 0.247. The first-order valence-corrected chi connectivity index (χ1v) is 7.62. The third-order valence-electron chi connectivity index (χ3n) is 4.05. The van der Waals surface area contributed by atoms with Gasteiger partial charge in [-0.05, 0) is 25.0 Å². The Morgan fingerprint density at radius 2 is 1.95 bits per heavy atom. The lowest BCUT2D eigenvalue weighted by atomic mass is 10.1. The molecule has 2 N–H and O–H groups in total. The molecular formula is C18H18N4. The lowest BCUT2D eigenvalue weighted by Crippen LogP contribution is -2.25. The second kappa shape index (κ2) is 5.39. The van der Waals surface area contributed by atoms with Gasteiger partial charge in [0.15, 0.2) is 0 Å². The maximum absolute atomic E-state index is 4.69. The normalized spacial score (nSPS) is 18.0. The van der Waals surface area contributed by atoms with Gasteiger partial charge >= 0.3 is 0 Å². The Labute approximate surface area is 129 Å². The summed E-state index contributed by atoms with van der Waals surface area (Å²) in [5, 5.41) is 3.51. The Morgan fingerprint density at radius 3 is 2.73 bits per heavy atom. The number of benzene rings is 1. The van der Waals surface area contributed by atoms with Gasteiger partial charge in [-0.3, -0.25) is 0 Å². The van der Waals surface area contributed by atoms with Crippen molar-refractivity contribution in [3.05, 3.63) is 60.1 Å². The molecule has 0 saturated heterocycles. The summed E-state index contributed by atoms with van der Waals surface area (Å²) in [7, 11) is 0. The highest BCUT2D eigenvalue weighted by Gasteiger charge is 2.19. The highest BCUT2D eigenvalue weighted by Crippen LogP contribution is 2.29. The molecule has 3 aromatic rings. The van der Waals surface area contributed by atoms with Crippen molar-refractivity contribution in [3.8, 4) is 11.3 Å². The average molecular weight is 290 g/mol. The zero-order valence-electron chi connectivity index (χ0n) is 12.5. The maximum Gasteiger partial charge on any atom is 0.126 e. The summed E-state index contributed by atoms with van der Waals surface area (Å²) in [6.07, 6.45) is 5.34. The second-order valence-corrected chi connectivity index (χ2v) is 5.63. The molecule has 22 heavy (non-hydrogen) atoms. The van der Waals surface area contributed by atoms with Crippen LogP contribution >= 0.6 is 0 Å². The zero-order chi connectivity index (χ0) is 14.9. The molecule has 110 valence electrons. The van der Waals surface area contributed by atoms with Crippen LogP contribution in [0, 0.1) is 6.92 Å². The molecule has 1 aliphatic heterocycles. The lowest BCUT2D eigenvalue weighted by Gasteiger charge is -2.19. The highest BCUT2D eigenvalue weighted by atomic mass is 15.0. The van der Waals surface area contributed by atoms with Crippen molar-refractivity contribution in [2.24, 2.45) is 0 Å². The van der Waals surface area contributed by atoms with E-state index in [0.29, 0.717) is 0 Å². The molecule has 1 atom stereocenters. The van der Waals surface area contributed by atoms with Crippen molar-refractivity contribution in [1.29, 1.82) is 0 Å². The van der Waals surface area contributed by atoms with Gasteiger partial charge in [-0.1, -0.05) is 42.5 Å². The molecule has 1 unspecified atom stereocenters. The van der Waals surface area contributed by atoms with Gasteiger partial charge in [0, 0.05) is 12.2 Å². The fourth-order valence-electron chi connectivity index (χ4n) is 3.00. The van der Waals surface area contributed by atoms with Gasteiger partial charge in [0.25, 0.3) is 0 Å². The molecular weight excluding hydrogens is 272 g/mol. The van der Waals surface area contributed by atoms with Crippen LogP contribution in [-0.2, 0) is 0 Å². The Kier molecular flexibility index (Phi) is 3.24. The van der Waals surface area contributed by atoms with Crippen molar-refractivity contribution in [3.63, 3.8) is 0 Å². The van der Waals surface area contributed by atoms with Gasteiger partial charge in [0.1, 0.15) is 5.82 Å². The Bertz CT molecular complexity index is 833. The first-order valence-electron chi connectivity index (χ1n) is 7.62. The predicted octanol–water partition coefficient (Wildman–Crippen LogP) is 3.52. The molecule has 0 spiro atoms. The summed E-state index contributed by atoms with van der Waals surface area (Å²) >= 11 is 0. The molecule has 2 aromatic heterocycles. The van der Waals surface area contributed by atoms with Crippen molar-refractivity contribution in [1.82, 2.24) is 20.3 Å². The summed E-state index contributed by atoms with van der Waals surface area (Å²) in [4.78, 5) is 12.8. The van der Waals surface area contributed by atoms with E-state index in [-0.39, 0.29) is 6.04 Å². The number of nitrogens with zero attached hydrogens (tertiary/aromatic N) is 2. The molecule has 4 heteroatoms. The molecule has 4 nitrogen and oxygen atoms in total. The van der Waals surface area contributed by atoms with E-state index in [1.54, 1.807) is 0 Å². The number of aromatic nitrogens is 3. The van der Waals surface area contributed by atoms with Gasteiger partial charge in [-0.25, -0.2) is 9.97 Å². The minimum Gasteiger partial charge on any atom is -0.352 e. The van der Waals surface area contributed by atoms with Gasteiger partial charge in [-0.2, -0.15) is 0 Å². The number of rotatable bonds is 2. The smallest absolute Gasteiger partial charge is 0.126 e. The van der Waals surface area contributed by atoms with Crippen LogP contribution in [0.15, 0.2) is 48.6 Å². The summed E-state index contributed by atoms with van der Waals surface area (Å²) in [5.74, 6) is 0.817. The minimum absolute atomic E-state index is 0.247. The van der Waals surface area contributed by atoms with E-state index in [9.17, 15) is 0 Å². The lowest BCUT2D eigenvalue weighted by molar-refractivity contribution is 0.542. The molecule has 1 aliphatic rings. The van der Waals surface area contributed by atoms with E-state index >= 15 is 0 Å². The van der Waals surface area contributed by atoms with Crippen LogP contribution in [0.3, 0.4) is 0 Å². The summed E-state index contributed by atoms with van der Waals surface area (Å²) in [6.45, 7) is 2.85. The van der Waals surface area contributed by atoms with Gasteiger partial charge in [0.2, 0.25) is 0 Å². The van der Waals surface area contributed by atoms with Gasteiger partial charge < -0.3 is 10.3 Å². The van der Waals surface area contributed by atoms with E-state index in [2.05, 4.69) is 45.6 Å². The van der Waals surface area contributed by atoms with Crippen LogP contribution in [0.4, 0.5) is 0 Å². The summed E-state index contributed by atoms with van der Waals surface area (Å²) in [5.41, 5.74) is 5.34. The molecule has 0 amide bonds. The molecule has 0 fully saturated rings. The second-order valence-electron chi connectivity index (χ2n) is 5.63. The van der Waals surface area contributed by atoms with Gasteiger partial charge in [0.05, 0.1) is 22.8 Å². The van der Waals surface area contributed by atoms with E-state index < -0.39 is 0 Å². The van der Waals surface area contributed by atoms with E-state index in [1.807, 2.05) is 25.1 Å². The third-order valence-corrected chi connectivity index (χ3v) is 4.05. The number of nitrogens with one attached hydrogen (secondary N) is 2. The Morgan fingerprint density at radius 1 is 1.09 bits per heavy atom. The van der Waals surface area contributed by atoms with Crippen LogP contribution < -0.4 is 5.32 Å². The highest BCUT2D eigenvalue weighted by molar-refractivity contribution is 5.84. The maximum atomic E-state index is 4.69. The molecule has 0 bridgehead atoms. The molecule has 3 heterocycles. The molecule has 0 aliphatic carbocycles. The van der Waals surface area contributed by atoms with Crippen molar-refractivity contribution >= 4 is 11.0 Å². The molecule has 4 rings (SSSR count). The van der Waals surface area contributed by atoms with Crippen LogP contribution in [0.1, 0.15) is 24.0 Å².